The summed E-state index contributed by atoms with van der Waals surface area (Å²) in [4.78, 5) is 39.3. The lowest BCUT2D eigenvalue weighted by atomic mass is 9.95. The molecule has 2 heterocycles. The molecule has 0 spiro atoms. The van der Waals surface area contributed by atoms with E-state index in [1.165, 1.54) is 24.2 Å². The van der Waals surface area contributed by atoms with Gasteiger partial charge in [0.05, 0.1) is 10.4 Å². The number of thioether (sulfide) groups is 1. The average molecular weight is 452 g/mol. The number of carbonyl (C=O) groups excluding carboxylic acids is 3. The third-order valence-corrected chi connectivity index (χ3v) is 7.06. The van der Waals surface area contributed by atoms with Gasteiger partial charge in [0.1, 0.15) is 6.54 Å². The summed E-state index contributed by atoms with van der Waals surface area (Å²) >= 11 is 0.944. The molecule has 1 N–H and O–H groups in total. The van der Waals surface area contributed by atoms with Crippen LogP contribution in [0.25, 0.3) is 17.0 Å². The fraction of sp³-hybridized carbons (Fsp3) is 0.400. The van der Waals surface area contributed by atoms with Gasteiger partial charge in [-0.2, -0.15) is 0 Å². The van der Waals surface area contributed by atoms with E-state index in [-0.39, 0.29) is 36.2 Å². The van der Waals surface area contributed by atoms with Crippen LogP contribution < -0.4 is 5.32 Å². The van der Waals surface area contributed by atoms with Gasteiger partial charge in [-0.15, -0.1) is 6.58 Å². The van der Waals surface area contributed by atoms with Crippen LogP contribution in [-0.4, -0.2) is 39.1 Å². The van der Waals surface area contributed by atoms with Crippen LogP contribution >= 0.6 is 11.8 Å². The number of aromatic nitrogens is 1. The van der Waals surface area contributed by atoms with E-state index in [1.807, 2.05) is 22.9 Å². The quantitative estimate of drug-likeness (QED) is 0.481. The molecule has 7 heteroatoms. The molecule has 0 radical (unpaired) electrons. The minimum absolute atomic E-state index is 0.0116. The highest BCUT2D eigenvalue weighted by Crippen LogP contribution is 2.34. The summed E-state index contributed by atoms with van der Waals surface area (Å²) in [5.74, 6) is -0.292. The predicted molar refractivity (Wildman–Crippen MR) is 129 cm³/mol. The number of hydrogen-bond donors (Lipinski definition) is 1. The molecule has 32 heavy (non-hydrogen) atoms. The zero-order valence-corrected chi connectivity index (χ0v) is 19.2. The molecular formula is C25H29N3O3S. The first-order chi connectivity index (χ1) is 15.5. The minimum atomic E-state index is -0.303. The second kappa shape index (κ2) is 9.77. The molecule has 1 aromatic carbocycles. The summed E-state index contributed by atoms with van der Waals surface area (Å²) in [6.45, 7) is 6.14. The van der Waals surface area contributed by atoms with E-state index in [0.29, 0.717) is 4.91 Å². The Kier molecular flexibility index (Phi) is 6.84. The van der Waals surface area contributed by atoms with Gasteiger partial charge in [-0.05, 0) is 42.7 Å². The van der Waals surface area contributed by atoms with Crippen LogP contribution in [-0.2, 0) is 22.6 Å². The van der Waals surface area contributed by atoms with Gasteiger partial charge in [-0.1, -0.05) is 50.5 Å². The van der Waals surface area contributed by atoms with Crippen LogP contribution in [0.1, 0.15) is 50.2 Å². The zero-order chi connectivity index (χ0) is 22.7. The van der Waals surface area contributed by atoms with Crippen molar-refractivity contribution in [1.82, 2.24) is 14.8 Å². The molecule has 1 aromatic heterocycles. The SMILES string of the molecule is C=CCN1C(=O)S/C(=C\c2cn(CC(=O)NC3CCCCC3)c3c(CC)cccc23)C1=O. The Morgan fingerprint density at radius 1 is 1.25 bits per heavy atom. The molecule has 2 fully saturated rings. The Bertz CT molecular complexity index is 1100. The summed E-state index contributed by atoms with van der Waals surface area (Å²) in [5, 5.41) is 3.88. The highest BCUT2D eigenvalue weighted by Gasteiger charge is 2.34. The maximum Gasteiger partial charge on any atom is 0.293 e. The number of aryl methyl sites for hydroxylation is 1. The minimum Gasteiger partial charge on any atom is -0.352 e. The van der Waals surface area contributed by atoms with Gasteiger partial charge in [0, 0.05) is 29.7 Å². The van der Waals surface area contributed by atoms with Crippen molar-refractivity contribution in [1.29, 1.82) is 0 Å². The standard InChI is InChI=1S/C25H29N3O3S/c1-3-13-28-24(30)21(32-25(28)31)14-18-15-27(23-17(4-2)9-8-12-20(18)23)16-22(29)26-19-10-6-5-7-11-19/h3,8-9,12,14-15,19H,1,4-7,10-11,13,16H2,2H3,(H,26,29)/b21-14-. The maximum atomic E-state index is 12.8. The fourth-order valence-corrected chi connectivity index (χ4v) is 5.43. The number of imide groups is 1. The number of para-hydroxylation sites is 1. The molecule has 0 unspecified atom stereocenters. The summed E-state index contributed by atoms with van der Waals surface area (Å²) in [7, 11) is 0. The molecule has 3 amide bonds. The number of benzene rings is 1. The van der Waals surface area contributed by atoms with Gasteiger partial charge in [0.2, 0.25) is 5.91 Å². The molecule has 1 aliphatic heterocycles. The van der Waals surface area contributed by atoms with Gasteiger partial charge in [-0.3, -0.25) is 19.3 Å². The van der Waals surface area contributed by atoms with Crippen molar-refractivity contribution >= 4 is 45.8 Å². The molecule has 1 saturated heterocycles. The number of rotatable bonds is 7. The molecule has 2 aromatic rings. The number of fused-ring (bicyclic) bond motifs is 1. The van der Waals surface area contributed by atoms with E-state index in [1.54, 1.807) is 12.2 Å². The zero-order valence-electron chi connectivity index (χ0n) is 18.4. The summed E-state index contributed by atoms with van der Waals surface area (Å²) in [6, 6.07) is 6.33. The highest BCUT2D eigenvalue weighted by atomic mass is 32.2. The van der Waals surface area contributed by atoms with Gasteiger partial charge in [0.15, 0.2) is 0 Å². The smallest absolute Gasteiger partial charge is 0.293 e. The van der Waals surface area contributed by atoms with E-state index in [0.717, 1.165) is 53.1 Å². The molecule has 0 atom stereocenters. The first-order valence-electron chi connectivity index (χ1n) is 11.3. The summed E-state index contributed by atoms with van der Waals surface area (Å²) in [5.41, 5.74) is 2.99. The molecule has 6 nitrogen and oxygen atoms in total. The van der Waals surface area contributed by atoms with Gasteiger partial charge in [0.25, 0.3) is 11.1 Å². The van der Waals surface area contributed by atoms with Crippen molar-refractivity contribution in [2.45, 2.75) is 58.0 Å². The van der Waals surface area contributed by atoms with E-state index < -0.39 is 0 Å². The normalized spacial score (nSPS) is 18.7. The molecule has 0 bridgehead atoms. The number of hydrogen-bond acceptors (Lipinski definition) is 4. The maximum absolute atomic E-state index is 12.8. The Labute approximate surface area is 192 Å². The van der Waals surface area contributed by atoms with Crippen molar-refractivity contribution in [3.8, 4) is 0 Å². The Hall–Kier alpha value is -2.80. The molecule has 1 saturated carbocycles. The van der Waals surface area contributed by atoms with E-state index >= 15 is 0 Å². The lowest BCUT2D eigenvalue weighted by molar-refractivity contribution is -0.123. The van der Waals surface area contributed by atoms with Crippen LogP contribution in [0.2, 0.25) is 0 Å². The monoisotopic (exact) mass is 451 g/mol. The van der Waals surface area contributed by atoms with Crippen LogP contribution in [0.4, 0.5) is 4.79 Å². The van der Waals surface area contributed by atoms with Crippen molar-refractivity contribution in [2.75, 3.05) is 6.54 Å². The van der Waals surface area contributed by atoms with Crippen molar-refractivity contribution in [3.63, 3.8) is 0 Å². The van der Waals surface area contributed by atoms with Gasteiger partial charge in [-0.25, -0.2) is 0 Å². The summed E-state index contributed by atoms with van der Waals surface area (Å²) in [6.07, 6.45) is 11.7. The Morgan fingerprint density at radius 2 is 2.03 bits per heavy atom. The number of amides is 3. The van der Waals surface area contributed by atoms with Crippen LogP contribution in [0, 0.1) is 0 Å². The lowest BCUT2D eigenvalue weighted by Gasteiger charge is -2.23. The molecule has 168 valence electrons. The molecule has 2 aliphatic rings. The van der Waals surface area contributed by atoms with Crippen LogP contribution in [0.5, 0.6) is 0 Å². The first kappa shape index (κ1) is 22.4. The van der Waals surface area contributed by atoms with E-state index in [4.69, 9.17) is 0 Å². The Morgan fingerprint density at radius 3 is 2.75 bits per heavy atom. The second-order valence-electron chi connectivity index (χ2n) is 8.36. The predicted octanol–water partition coefficient (Wildman–Crippen LogP) is 4.87. The topological polar surface area (TPSA) is 71.4 Å². The van der Waals surface area contributed by atoms with Crippen molar-refractivity contribution in [3.05, 3.63) is 53.1 Å². The first-order valence-corrected chi connectivity index (χ1v) is 12.1. The largest absolute Gasteiger partial charge is 0.352 e. The van der Waals surface area contributed by atoms with Crippen molar-refractivity contribution < 1.29 is 14.4 Å². The molecule has 4 rings (SSSR count). The van der Waals surface area contributed by atoms with E-state index in [2.05, 4.69) is 24.9 Å². The van der Waals surface area contributed by atoms with Crippen LogP contribution in [0.3, 0.4) is 0 Å². The Balaban J connectivity index is 1.66. The fourth-order valence-electron chi connectivity index (χ4n) is 4.59. The van der Waals surface area contributed by atoms with Crippen LogP contribution in [0.15, 0.2) is 42.0 Å². The third kappa shape index (κ3) is 4.53. The van der Waals surface area contributed by atoms with Crippen molar-refractivity contribution in [2.24, 2.45) is 0 Å². The molecule has 1 aliphatic carbocycles. The average Bonchev–Trinajstić information content (AvgIpc) is 3.26. The third-order valence-electron chi connectivity index (χ3n) is 6.15. The van der Waals surface area contributed by atoms with E-state index in [9.17, 15) is 14.4 Å². The number of nitrogens with one attached hydrogen (secondary N) is 1. The lowest BCUT2D eigenvalue weighted by Crippen LogP contribution is -2.38. The van der Waals surface area contributed by atoms with Gasteiger partial charge >= 0.3 is 0 Å². The molecular weight excluding hydrogens is 422 g/mol. The summed E-state index contributed by atoms with van der Waals surface area (Å²) < 4.78 is 1.98. The number of carbonyl (C=O) groups is 3. The number of nitrogens with zero attached hydrogens (tertiary/aromatic N) is 2. The van der Waals surface area contributed by atoms with Gasteiger partial charge < -0.3 is 9.88 Å². The highest BCUT2D eigenvalue weighted by molar-refractivity contribution is 8.18. The second-order valence-corrected chi connectivity index (χ2v) is 9.36.